The maximum atomic E-state index is 4.76. The van der Waals surface area contributed by atoms with Gasteiger partial charge in [0, 0.05) is 11.2 Å². The van der Waals surface area contributed by atoms with E-state index in [0.717, 1.165) is 11.5 Å². The van der Waals surface area contributed by atoms with Gasteiger partial charge in [-0.3, -0.25) is 0 Å². The van der Waals surface area contributed by atoms with Crippen LogP contribution in [-0.4, -0.2) is 10.4 Å². The van der Waals surface area contributed by atoms with Gasteiger partial charge in [-0.05, 0) is 6.92 Å². The molecule has 0 N–H and O–H groups in total. The molecular weight excluding hydrogens is 116 g/mol. The molecule has 0 aromatic carbocycles. The summed E-state index contributed by atoms with van der Waals surface area (Å²) >= 11 is 0. The minimum Gasteiger partial charge on any atom is -0.342 e. The predicted octanol–water partition coefficient (Wildman–Crippen LogP) is 1.50. The minimum atomic E-state index is 0.413. The van der Waals surface area contributed by atoms with Gasteiger partial charge in [0.05, 0.1) is 0 Å². The molecule has 0 spiro atoms. The van der Waals surface area contributed by atoms with E-state index in [0.29, 0.717) is 5.92 Å². The first-order chi connectivity index (χ1) is 4.22. The number of aromatic nitrogens is 2. The summed E-state index contributed by atoms with van der Waals surface area (Å²) < 4.78 is 4.76. The minimum absolute atomic E-state index is 0.413. The van der Waals surface area contributed by atoms with Crippen molar-refractivity contribution >= 4 is 0 Å². The van der Waals surface area contributed by atoms with Gasteiger partial charge in [0.15, 0.2) is 5.76 Å². The molecule has 0 aliphatic rings. The highest BCUT2D eigenvalue weighted by atomic mass is 16.5. The molecule has 0 fully saturated rings. The Morgan fingerprint density at radius 2 is 2.11 bits per heavy atom. The fourth-order valence-corrected chi connectivity index (χ4v) is 0.765. The topological polar surface area (TPSA) is 38.9 Å². The number of rotatable bonds is 1. The molecule has 0 radical (unpaired) electrons. The first-order valence-corrected chi connectivity index (χ1v) is 3.00. The Kier molecular flexibility index (Phi) is 1.51. The summed E-state index contributed by atoms with van der Waals surface area (Å²) in [6.07, 6.45) is 0. The van der Waals surface area contributed by atoms with Crippen LogP contribution >= 0.6 is 0 Å². The lowest BCUT2D eigenvalue weighted by molar-refractivity contribution is 0.373. The van der Waals surface area contributed by atoms with Crippen LogP contribution < -0.4 is 0 Å². The molecule has 0 unspecified atom stereocenters. The number of nitrogens with zero attached hydrogens (tertiary/aromatic N) is 2. The molecule has 0 atom stereocenters. The molecule has 1 heterocycles. The smallest absolute Gasteiger partial charge is 0.157 e. The average molecular weight is 126 g/mol. The zero-order chi connectivity index (χ0) is 6.85. The van der Waals surface area contributed by atoms with Crippen molar-refractivity contribution in [2.45, 2.75) is 26.7 Å². The van der Waals surface area contributed by atoms with Gasteiger partial charge in [0.1, 0.15) is 5.69 Å². The molecular formula is C6H10N2O. The largest absolute Gasteiger partial charge is 0.342 e. The molecule has 1 aromatic heterocycles. The molecule has 0 aliphatic heterocycles. The third kappa shape index (κ3) is 1.09. The van der Waals surface area contributed by atoms with Gasteiger partial charge in [0.25, 0.3) is 0 Å². The van der Waals surface area contributed by atoms with Crippen molar-refractivity contribution in [1.29, 1.82) is 0 Å². The fraction of sp³-hybridized carbons (Fsp3) is 0.667. The summed E-state index contributed by atoms with van der Waals surface area (Å²) in [4.78, 5) is 0. The van der Waals surface area contributed by atoms with E-state index in [4.69, 9.17) is 4.52 Å². The normalized spacial score (nSPS) is 10.7. The van der Waals surface area contributed by atoms with Gasteiger partial charge >= 0.3 is 0 Å². The second kappa shape index (κ2) is 2.17. The van der Waals surface area contributed by atoms with E-state index in [1.54, 1.807) is 0 Å². The second-order valence-electron chi connectivity index (χ2n) is 2.37. The van der Waals surface area contributed by atoms with Gasteiger partial charge in [0.2, 0.25) is 0 Å². The number of aryl methyl sites for hydroxylation is 1. The summed E-state index contributed by atoms with van der Waals surface area (Å²) in [6, 6.07) is 0. The van der Waals surface area contributed by atoms with Crippen molar-refractivity contribution in [3.8, 4) is 0 Å². The predicted molar refractivity (Wildman–Crippen MR) is 33.1 cm³/mol. The summed E-state index contributed by atoms with van der Waals surface area (Å²) in [7, 11) is 0. The highest BCUT2D eigenvalue weighted by molar-refractivity contribution is 5.06. The van der Waals surface area contributed by atoms with Crippen molar-refractivity contribution in [3.63, 3.8) is 0 Å². The molecule has 0 saturated heterocycles. The van der Waals surface area contributed by atoms with Crippen LogP contribution in [0.3, 0.4) is 0 Å². The van der Waals surface area contributed by atoms with Crippen LogP contribution in [0.2, 0.25) is 0 Å². The lowest BCUT2D eigenvalue weighted by atomic mass is 10.1. The van der Waals surface area contributed by atoms with E-state index in [1.165, 1.54) is 0 Å². The molecule has 1 rings (SSSR count). The van der Waals surface area contributed by atoms with Crippen LogP contribution in [0.5, 0.6) is 0 Å². The van der Waals surface area contributed by atoms with Crippen molar-refractivity contribution < 1.29 is 4.52 Å². The van der Waals surface area contributed by atoms with Crippen molar-refractivity contribution in [3.05, 3.63) is 11.5 Å². The molecule has 0 amide bonds. The first kappa shape index (κ1) is 6.26. The third-order valence-corrected chi connectivity index (χ3v) is 1.23. The summed E-state index contributed by atoms with van der Waals surface area (Å²) in [5.41, 5.74) is 0.954. The highest BCUT2D eigenvalue weighted by Gasteiger charge is 2.07. The zero-order valence-corrected chi connectivity index (χ0v) is 5.88. The van der Waals surface area contributed by atoms with E-state index in [2.05, 4.69) is 24.2 Å². The molecule has 3 heteroatoms. The van der Waals surface area contributed by atoms with Gasteiger partial charge in [-0.2, -0.15) is 0 Å². The molecule has 3 nitrogen and oxygen atoms in total. The lowest BCUT2D eigenvalue weighted by Gasteiger charge is -1.95. The van der Waals surface area contributed by atoms with E-state index in [1.807, 2.05) is 6.92 Å². The van der Waals surface area contributed by atoms with Crippen LogP contribution in [0, 0.1) is 6.92 Å². The van der Waals surface area contributed by atoms with Crippen molar-refractivity contribution in [1.82, 2.24) is 10.4 Å². The fourth-order valence-electron chi connectivity index (χ4n) is 0.765. The summed E-state index contributed by atoms with van der Waals surface area (Å²) in [6.45, 7) is 5.99. The van der Waals surface area contributed by atoms with Gasteiger partial charge in [-0.15, -0.1) is 5.10 Å². The Morgan fingerprint density at radius 3 is 2.33 bits per heavy atom. The summed E-state index contributed by atoms with van der Waals surface area (Å²) in [5, 5.41) is 7.22. The molecule has 50 valence electrons. The SMILES string of the molecule is Cc1onnc1C(C)C. The molecule has 0 bridgehead atoms. The van der Waals surface area contributed by atoms with E-state index >= 15 is 0 Å². The molecule has 9 heavy (non-hydrogen) atoms. The van der Waals surface area contributed by atoms with Gasteiger partial charge < -0.3 is 4.52 Å². The maximum absolute atomic E-state index is 4.76. The standard InChI is InChI=1S/C6H10N2O/c1-4(2)6-5(3)9-8-7-6/h4H,1-3H3. The van der Waals surface area contributed by atoms with Crippen LogP contribution in [0.4, 0.5) is 0 Å². The monoisotopic (exact) mass is 126 g/mol. The van der Waals surface area contributed by atoms with E-state index in [-0.39, 0.29) is 0 Å². The first-order valence-electron chi connectivity index (χ1n) is 3.00. The Balaban J connectivity index is 2.94. The summed E-state index contributed by atoms with van der Waals surface area (Å²) in [5.74, 6) is 1.24. The number of hydrogen-bond donors (Lipinski definition) is 0. The maximum Gasteiger partial charge on any atom is 0.157 e. The van der Waals surface area contributed by atoms with Crippen LogP contribution in [0.1, 0.15) is 31.2 Å². The van der Waals surface area contributed by atoms with Gasteiger partial charge in [-0.25, -0.2) is 0 Å². The molecule has 0 saturated carbocycles. The highest BCUT2D eigenvalue weighted by Crippen LogP contribution is 2.13. The molecule has 0 aliphatic carbocycles. The Morgan fingerprint density at radius 1 is 1.44 bits per heavy atom. The zero-order valence-electron chi connectivity index (χ0n) is 5.88. The molecule has 1 aromatic rings. The van der Waals surface area contributed by atoms with E-state index < -0.39 is 0 Å². The Labute approximate surface area is 54.0 Å². The third-order valence-electron chi connectivity index (χ3n) is 1.23. The Bertz CT molecular complexity index is 193. The van der Waals surface area contributed by atoms with Crippen molar-refractivity contribution in [2.24, 2.45) is 0 Å². The second-order valence-corrected chi connectivity index (χ2v) is 2.37. The lowest BCUT2D eigenvalue weighted by Crippen LogP contribution is -1.89. The van der Waals surface area contributed by atoms with Crippen LogP contribution in [0.25, 0.3) is 0 Å². The van der Waals surface area contributed by atoms with Gasteiger partial charge in [-0.1, -0.05) is 13.8 Å². The van der Waals surface area contributed by atoms with E-state index in [9.17, 15) is 0 Å². The average Bonchev–Trinajstić information content (AvgIpc) is 2.13. The van der Waals surface area contributed by atoms with Crippen LogP contribution in [-0.2, 0) is 0 Å². The number of hydrogen-bond acceptors (Lipinski definition) is 3. The quantitative estimate of drug-likeness (QED) is 0.572. The van der Waals surface area contributed by atoms with Crippen LogP contribution in [0.15, 0.2) is 4.52 Å². The van der Waals surface area contributed by atoms with Crippen molar-refractivity contribution in [2.75, 3.05) is 0 Å². The Hall–Kier alpha value is -0.860.